The van der Waals surface area contributed by atoms with E-state index in [0.29, 0.717) is 13.1 Å². The topological polar surface area (TPSA) is 81.7 Å². The van der Waals surface area contributed by atoms with Crippen LogP contribution in [0.15, 0.2) is 115 Å². The van der Waals surface area contributed by atoms with Crippen LogP contribution >= 0.6 is 0 Å². The highest BCUT2D eigenvalue weighted by atomic mass is 16.3. The van der Waals surface area contributed by atoms with Crippen molar-refractivity contribution < 1.29 is 14.7 Å². The molecule has 1 aliphatic rings. The minimum absolute atomic E-state index is 0.00158. The summed E-state index contributed by atoms with van der Waals surface area (Å²) in [5, 5.41) is 16.1. The number of rotatable bonds is 10. The molecule has 4 aromatic rings. The molecule has 6 heteroatoms. The predicted molar refractivity (Wildman–Crippen MR) is 167 cm³/mol. The smallest absolute Gasteiger partial charge is 0.322 e. The Morgan fingerprint density at radius 3 is 1.95 bits per heavy atom. The predicted octanol–water partition coefficient (Wildman–Crippen LogP) is 7.04. The Morgan fingerprint density at radius 2 is 1.31 bits per heavy atom. The molecule has 5 rings (SSSR count). The van der Waals surface area contributed by atoms with Gasteiger partial charge in [0.2, 0.25) is 5.91 Å². The molecule has 3 N–H and O–H groups in total. The van der Waals surface area contributed by atoms with Crippen LogP contribution in [0.3, 0.4) is 0 Å². The molecule has 42 heavy (non-hydrogen) atoms. The quantitative estimate of drug-likeness (QED) is 0.194. The molecule has 1 aliphatic carbocycles. The lowest BCUT2D eigenvalue weighted by Crippen LogP contribution is -2.39. The molecule has 4 aromatic carbocycles. The normalized spacial score (nSPS) is 17.2. The lowest BCUT2D eigenvalue weighted by atomic mass is 9.74. The molecule has 0 spiro atoms. The van der Waals surface area contributed by atoms with E-state index in [0.717, 1.165) is 53.6 Å². The van der Waals surface area contributed by atoms with Crippen molar-refractivity contribution in [3.8, 4) is 0 Å². The van der Waals surface area contributed by atoms with Gasteiger partial charge in [-0.3, -0.25) is 4.79 Å². The van der Waals surface area contributed by atoms with Crippen molar-refractivity contribution in [1.82, 2.24) is 10.2 Å². The average Bonchev–Trinajstić information content (AvgIpc) is 3.05. The maximum absolute atomic E-state index is 13.5. The number of carbonyl (C=O) groups is 2. The van der Waals surface area contributed by atoms with Gasteiger partial charge in [-0.2, -0.15) is 0 Å². The van der Waals surface area contributed by atoms with E-state index in [4.69, 9.17) is 0 Å². The molecule has 1 saturated carbocycles. The third-order valence-electron chi connectivity index (χ3n) is 8.11. The minimum atomic E-state index is -0.415. The lowest BCUT2D eigenvalue weighted by Gasteiger charge is -2.32. The first kappa shape index (κ1) is 29.1. The first-order valence-electron chi connectivity index (χ1n) is 14.8. The number of benzene rings is 4. The van der Waals surface area contributed by atoms with Crippen LogP contribution in [0.2, 0.25) is 0 Å². The zero-order valence-electron chi connectivity index (χ0n) is 23.9. The number of nitrogens with one attached hydrogen (secondary N) is 2. The number of carbonyl (C=O) groups excluding carboxylic acids is 2. The van der Waals surface area contributed by atoms with Crippen molar-refractivity contribution >= 4 is 17.6 Å². The maximum Gasteiger partial charge on any atom is 0.322 e. The zero-order chi connectivity index (χ0) is 29.1. The molecule has 6 nitrogen and oxygen atoms in total. The standard InChI is InChI=1S/C36H39N3O3/c40-26-34(30-14-6-2-7-15-30)38-35(41)33-19-11-10-18-32(33)29-22-20-28(21-23-29)25-39(24-27-12-4-1-5-13-27)36(42)37-31-16-8-3-9-17-31/h1-9,12-17,20-23,32-34,40H,10-11,18-19,24-26H2,(H,37,42)(H,38,41). The number of anilines is 1. The van der Waals surface area contributed by atoms with Gasteiger partial charge in [0.05, 0.1) is 12.6 Å². The first-order valence-corrected chi connectivity index (χ1v) is 14.8. The van der Waals surface area contributed by atoms with E-state index >= 15 is 0 Å². The molecule has 3 atom stereocenters. The summed E-state index contributed by atoms with van der Waals surface area (Å²) in [5.74, 6) is -0.0309. The van der Waals surface area contributed by atoms with E-state index in [1.807, 2.05) is 95.9 Å². The summed E-state index contributed by atoms with van der Waals surface area (Å²) in [6.45, 7) is 0.802. The lowest BCUT2D eigenvalue weighted by molar-refractivity contribution is -0.127. The van der Waals surface area contributed by atoms with Crippen LogP contribution in [-0.2, 0) is 17.9 Å². The van der Waals surface area contributed by atoms with Gasteiger partial charge < -0.3 is 20.6 Å². The van der Waals surface area contributed by atoms with E-state index in [1.165, 1.54) is 0 Å². The van der Waals surface area contributed by atoms with Gasteiger partial charge in [-0.05, 0) is 53.1 Å². The van der Waals surface area contributed by atoms with Crippen molar-refractivity contribution in [2.75, 3.05) is 11.9 Å². The van der Waals surface area contributed by atoms with E-state index in [-0.39, 0.29) is 30.4 Å². The Hall–Kier alpha value is -4.42. The van der Waals surface area contributed by atoms with E-state index in [9.17, 15) is 14.7 Å². The zero-order valence-corrected chi connectivity index (χ0v) is 23.9. The molecular weight excluding hydrogens is 522 g/mol. The molecule has 0 aromatic heterocycles. The second-order valence-electron chi connectivity index (χ2n) is 11.0. The van der Waals surface area contributed by atoms with Crippen LogP contribution in [0.5, 0.6) is 0 Å². The third kappa shape index (κ3) is 7.65. The average molecular weight is 562 g/mol. The molecule has 0 saturated heterocycles. The van der Waals surface area contributed by atoms with Crippen molar-refractivity contribution in [2.24, 2.45) is 5.92 Å². The number of para-hydroxylation sites is 1. The Labute approximate surface area is 248 Å². The minimum Gasteiger partial charge on any atom is -0.394 e. The summed E-state index contributed by atoms with van der Waals surface area (Å²) in [4.78, 5) is 28.6. The molecule has 0 heterocycles. The summed E-state index contributed by atoms with van der Waals surface area (Å²) in [7, 11) is 0. The summed E-state index contributed by atoms with van der Waals surface area (Å²) >= 11 is 0. The van der Waals surface area contributed by atoms with Gasteiger partial charge in [0.15, 0.2) is 0 Å². The van der Waals surface area contributed by atoms with Crippen LogP contribution in [-0.4, -0.2) is 28.6 Å². The van der Waals surface area contributed by atoms with Crippen molar-refractivity contribution in [3.63, 3.8) is 0 Å². The fourth-order valence-corrected chi connectivity index (χ4v) is 5.86. The number of urea groups is 1. The van der Waals surface area contributed by atoms with Gasteiger partial charge in [-0.1, -0.05) is 116 Å². The molecular formula is C36H39N3O3. The fourth-order valence-electron chi connectivity index (χ4n) is 5.86. The monoisotopic (exact) mass is 561 g/mol. The number of hydrogen-bond donors (Lipinski definition) is 3. The largest absolute Gasteiger partial charge is 0.394 e. The van der Waals surface area contributed by atoms with Gasteiger partial charge >= 0.3 is 6.03 Å². The number of amides is 3. The molecule has 0 radical (unpaired) electrons. The Morgan fingerprint density at radius 1 is 0.738 bits per heavy atom. The highest BCUT2D eigenvalue weighted by molar-refractivity contribution is 5.89. The molecule has 3 unspecified atom stereocenters. The van der Waals surface area contributed by atoms with Crippen LogP contribution in [0.25, 0.3) is 0 Å². The van der Waals surface area contributed by atoms with E-state index < -0.39 is 6.04 Å². The molecule has 0 bridgehead atoms. The van der Waals surface area contributed by atoms with Crippen molar-refractivity contribution in [3.05, 3.63) is 138 Å². The molecule has 1 fully saturated rings. The number of nitrogens with zero attached hydrogens (tertiary/aromatic N) is 1. The highest BCUT2D eigenvalue weighted by Crippen LogP contribution is 2.38. The van der Waals surface area contributed by atoms with Crippen molar-refractivity contribution in [1.29, 1.82) is 0 Å². The van der Waals surface area contributed by atoms with Crippen molar-refractivity contribution in [2.45, 2.75) is 50.7 Å². The highest BCUT2D eigenvalue weighted by Gasteiger charge is 2.33. The molecule has 216 valence electrons. The Bertz CT molecular complexity index is 1410. The molecule has 3 amide bonds. The van der Waals surface area contributed by atoms with Gasteiger partial charge in [-0.25, -0.2) is 4.79 Å². The summed E-state index contributed by atoms with van der Waals surface area (Å²) in [6.07, 6.45) is 3.89. The molecule has 0 aliphatic heterocycles. The van der Waals surface area contributed by atoms with Gasteiger partial charge in [-0.15, -0.1) is 0 Å². The fraction of sp³-hybridized carbons (Fsp3) is 0.278. The van der Waals surface area contributed by atoms with Crippen LogP contribution in [0.4, 0.5) is 10.5 Å². The van der Waals surface area contributed by atoms with E-state index in [1.54, 1.807) is 0 Å². The van der Waals surface area contributed by atoms with Gasteiger partial charge in [0.25, 0.3) is 0 Å². The number of hydrogen-bond acceptors (Lipinski definition) is 3. The van der Waals surface area contributed by atoms with Crippen LogP contribution < -0.4 is 10.6 Å². The summed E-state index contributed by atoms with van der Waals surface area (Å²) < 4.78 is 0. The maximum atomic E-state index is 13.5. The van der Waals surface area contributed by atoms with Gasteiger partial charge in [0, 0.05) is 24.7 Å². The Kier molecular flexibility index (Phi) is 10.0. The first-order chi connectivity index (χ1) is 20.6. The summed E-state index contributed by atoms with van der Waals surface area (Å²) in [5.41, 5.74) is 4.89. The number of aliphatic hydroxyl groups is 1. The second kappa shape index (κ2) is 14.5. The summed E-state index contributed by atoms with van der Waals surface area (Å²) in [6, 6.07) is 36.9. The van der Waals surface area contributed by atoms with Crippen LogP contribution in [0, 0.1) is 5.92 Å². The SMILES string of the molecule is O=C(NC(CO)c1ccccc1)C1CCCCC1c1ccc(CN(Cc2ccccc2)C(=O)Nc2ccccc2)cc1. The van der Waals surface area contributed by atoms with Crippen LogP contribution in [0.1, 0.15) is 59.9 Å². The second-order valence-corrected chi connectivity index (χ2v) is 11.0. The van der Waals surface area contributed by atoms with Gasteiger partial charge in [0.1, 0.15) is 0 Å². The number of aliphatic hydroxyl groups excluding tert-OH is 1. The Balaban J connectivity index is 1.29. The van der Waals surface area contributed by atoms with E-state index in [2.05, 4.69) is 34.9 Å². The third-order valence-corrected chi connectivity index (χ3v) is 8.11.